The lowest BCUT2D eigenvalue weighted by molar-refractivity contribution is -0.141. The number of nitrogens with zero attached hydrogens (tertiary/aromatic N) is 2. The predicted octanol–water partition coefficient (Wildman–Crippen LogP) is 5.91. The van der Waals surface area contributed by atoms with Gasteiger partial charge in [0.25, 0.3) is 0 Å². The largest absolute Gasteiger partial charge is 0.478 e. The van der Waals surface area contributed by atoms with Crippen LogP contribution in [0, 0.1) is 5.41 Å². The van der Waals surface area contributed by atoms with Gasteiger partial charge in [-0.3, -0.25) is 9.59 Å². The third-order valence-corrected chi connectivity index (χ3v) is 9.28. The van der Waals surface area contributed by atoms with Crippen molar-refractivity contribution in [2.75, 3.05) is 13.2 Å². The molecule has 2 aliphatic heterocycles. The molecule has 8 nitrogen and oxygen atoms in total. The first kappa shape index (κ1) is 35.3. The molecule has 0 radical (unpaired) electrons. The van der Waals surface area contributed by atoms with Crippen molar-refractivity contribution in [3.8, 4) is 0 Å². The van der Waals surface area contributed by atoms with Gasteiger partial charge in [0, 0.05) is 11.6 Å². The monoisotopic (exact) mass is 670 g/mol. The van der Waals surface area contributed by atoms with E-state index >= 15 is 0 Å². The lowest BCUT2D eigenvalue weighted by Crippen LogP contribution is -2.57. The summed E-state index contributed by atoms with van der Waals surface area (Å²) in [7, 11) is 0. The maximum Gasteiger partial charge on any atom is 0.248 e. The number of hydrogen-bond acceptors (Lipinski definition) is 6. The number of amides is 2. The maximum atomic E-state index is 14.2. The molecule has 1 saturated heterocycles. The zero-order chi connectivity index (χ0) is 34.1. The molecule has 5 rings (SSSR count). The summed E-state index contributed by atoms with van der Waals surface area (Å²) in [6.45, 7) is 6.95. The molecule has 1 unspecified atom stereocenters. The van der Waals surface area contributed by atoms with Gasteiger partial charge in [-0.15, -0.1) is 0 Å². The Bertz CT molecular complexity index is 1580. The highest BCUT2D eigenvalue weighted by Crippen LogP contribution is 2.33. The van der Waals surface area contributed by atoms with Crippen LogP contribution in [0.1, 0.15) is 50.3 Å². The van der Waals surface area contributed by atoms with Gasteiger partial charge in [0.1, 0.15) is 12.6 Å². The standard InChI is InChI=1S/C39H47ClN4O4/c1-27(41)36(45)43-35(28(2)47-25-30-14-8-5-9-15-30)37(46)44-21-11-18-34(44)19-20-39(3,24-31-16-10-17-32(40)22-31)38-42-33(26-48-38)23-29-12-6-4-7-13-29/h4-10,12-17,19-20,22,27-28,33-35H,11,18,21,23-26,41H2,1-3H3,(H,43,45)/t27-,28?,33-,34-,35-,39-/m0/s1. The second kappa shape index (κ2) is 16.4. The molecule has 48 heavy (non-hydrogen) atoms. The summed E-state index contributed by atoms with van der Waals surface area (Å²) in [5, 5.41) is 3.55. The molecule has 0 spiro atoms. The Morgan fingerprint density at radius 1 is 1.06 bits per heavy atom. The van der Waals surface area contributed by atoms with Crippen LogP contribution in [0.25, 0.3) is 0 Å². The van der Waals surface area contributed by atoms with E-state index in [9.17, 15) is 9.59 Å². The van der Waals surface area contributed by atoms with Gasteiger partial charge < -0.3 is 25.4 Å². The van der Waals surface area contributed by atoms with E-state index in [-0.39, 0.29) is 18.0 Å². The van der Waals surface area contributed by atoms with Crippen molar-refractivity contribution < 1.29 is 19.1 Å². The van der Waals surface area contributed by atoms with E-state index in [4.69, 9.17) is 31.8 Å². The molecule has 254 valence electrons. The molecule has 6 atom stereocenters. The normalized spacial score (nSPS) is 20.9. The molecule has 3 aromatic rings. The van der Waals surface area contributed by atoms with Gasteiger partial charge in [-0.1, -0.05) is 96.5 Å². The number of carbonyl (C=O) groups excluding carboxylic acids is 2. The molecule has 0 aliphatic carbocycles. The summed E-state index contributed by atoms with van der Waals surface area (Å²) >= 11 is 6.38. The number of likely N-dealkylation sites (tertiary alicyclic amines) is 1. The van der Waals surface area contributed by atoms with Crippen molar-refractivity contribution >= 4 is 29.3 Å². The highest BCUT2D eigenvalue weighted by Gasteiger charge is 2.39. The van der Waals surface area contributed by atoms with Crippen LogP contribution in [-0.4, -0.2) is 66.0 Å². The van der Waals surface area contributed by atoms with Gasteiger partial charge >= 0.3 is 0 Å². The van der Waals surface area contributed by atoms with E-state index in [2.05, 4.69) is 42.6 Å². The lowest BCUT2D eigenvalue weighted by atomic mass is 9.82. The summed E-state index contributed by atoms with van der Waals surface area (Å²) < 4.78 is 12.4. The summed E-state index contributed by atoms with van der Waals surface area (Å²) in [4.78, 5) is 33.9. The van der Waals surface area contributed by atoms with Crippen LogP contribution >= 0.6 is 11.6 Å². The Morgan fingerprint density at radius 2 is 1.75 bits per heavy atom. The number of rotatable bonds is 14. The average molecular weight is 671 g/mol. The van der Waals surface area contributed by atoms with E-state index < -0.39 is 29.5 Å². The summed E-state index contributed by atoms with van der Waals surface area (Å²) in [6.07, 6.45) is 6.72. The predicted molar refractivity (Wildman–Crippen MR) is 191 cm³/mol. The van der Waals surface area contributed by atoms with Crippen LogP contribution in [0.2, 0.25) is 5.02 Å². The Labute approximate surface area is 289 Å². The Morgan fingerprint density at radius 3 is 2.44 bits per heavy atom. The SMILES string of the molecule is CC(OCc1ccccc1)[C@H](NC(=O)[C@H](C)N)C(=O)N1CCC[C@H]1C=C[C@@](C)(Cc1cccc(Cl)c1)C1=N[C@@H](Cc2ccccc2)CO1. The molecular weight excluding hydrogens is 624 g/mol. The maximum absolute atomic E-state index is 14.2. The smallest absolute Gasteiger partial charge is 0.248 e. The third kappa shape index (κ3) is 9.34. The van der Waals surface area contributed by atoms with Crippen molar-refractivity contribution in [3.63, 3.8) is 0 Å². The molecule has 0 saturated carbocycles. The summed E-state index contributed by atoms with van der Waals surface area (Å²) in [5.74, 6) is 0.0940. The average Bonchev–Trinajstić information content (AvgIpc) is 3.76. The van der Waals surface area contributed by atoms with Crippen LogP contribution in [0.15, 0.2) is 102 Å². The molecule has 3 aromatic carbocycles. The van der Waals surface area contributed by atoms with Crippen molar-refractivity contribution in [1.29, 1.82) is 0 Å². The fraction of sp³-hybridized carbons (Fsp3) is 0.410. The molecule has 2 aliphatic rings. The molecule has 2 heterocycles. The first-order chi connectivity index (χ1) is 23.1. The van der Waals surface area contributed by atoms with Gasteiger partial charge in [-0.2, -0.15) is 0 Å². The van der Waals surface area contributed by atoms with Crippen LogP contribution in [0.5, 0.6) is 0 Å². The number of aliphatic imine (C=N–C) groups is 1. The molecular formula is C39H47ClN4O4. The third-order valence-electron chi connectivity index (χ3n) is 9.05. The molecule has 3 N–H and O–H groups in total. The highest BCUT2D eigenvalue weighted by atomic mass is 35.5. The Kier molecular flexibility index (Phi) is 12.1. The first-order valence-electron chi connectivity index (χ1n) is 16.8. The number of nitrogens with one attached hydrogen (secondary N) is 1. The van der Waals surface area contributed by atoms with Gasteiger partial charge in [0.2, 0.25) is 11.8 Å². The second-order valence-corrected chi connectivity index (χ2v) is 13.6. The molecule has 0 bridgehead atoms. The number of hydrogen-bond donors (Lipinski definition) is 2. The summed E-state index contributed by atoms with van der Waals surface area (Å²) in [6, 6.07) is 26.1. The van der Waals surface area contributed by atoms with Gasteiger partial charge in [-0.05, 0) is 75.3 Å². The zero-order valence-electron chi connectivity index (χ0n) is 28.1. The van der Waals surface area contributed by atoms with E-state index in [1.54, 1.807) is 6.92 Å². The minimum absolute atomic E-state index is 0.0192. The number of ether oxygens (including phenoxy) is 2. The van der Waals surface area contributed by atoms with Gasteiger partial charge in [-0.25, -0.2) is 4.99 Å². The molecule has 0 aromatic heterocycles. The minimum atomic E-state index is -0.889. The fourth-order valence-corrected chi connectivity index (χ4v) is 6.54. The van der Waals surface area contributed by atoms with Crippen LogP contribution in [-0.2, 0) is 38.5 Å². The summed E-state index contributed by atoms with van der Waals surface area (Å²) in [5.41, 5.74) is 8.58. The Balaban J connectivity index is 1.37. The first-order valence-corrected chi connectivity index (χ1v) is 17.2. The van der Waals surface area contributed by atoms with E-state index in [1.165, 1.54) is 5.56 Å². The molecule has 9 heteroatoms. The quantitative estimate of drug-likeness (QED) is 0.207. The number of halogens is 1. The van der Waals surface area contributed by atoms with Gasteiger partial charge in [0.05, 0.1) is 36.3 Å². The van der Waals surface area contributed by atoms with Gasteiger partial charge in [0.15, 0.2) is 5.90 Å². The van der Waals surface area contributed by atoms with Crippen molar-refractivity contribution in [3.05, 3.63) is 119 Å². The van der Waals surface area contributed by atoms with Crippen LogP contribution < -0.4 is 11.1 Å². The number of carbonyl (C=O) groups is 2. The Hall–Kier alpha value is -3.98. The zero-order valence-corrected chi connectivity index (χ0v) is 28.8. The van der Waals surface area contributed by atoms with E-state index in [1.807, 2.05) is 78.6 Å². The molecule has 1 fully saturated rings. The van der Waals surface area contributed by atoms with Crippen molar-refractivity contribution in [2.24, 2.45) is 16.1 Å². The minimum Gasteiger partial charge on any atom is -0.478 e. The van der Waals surface area contributed by atoms with E-state index in [0.717, 1.165) is 30.4 Å². The van der Waals surface area contributed by atoms with Crippen molar-refractivity contribution in [2.45, 2.75) is 83.3 Å². The molecule has 2 amide bonds. The lowest BCUT2D eigenvalue weighted by Gasteiger charge is -2.32. The highest BCUT2D eigenvalue weighted by molar-refractivity contribution is 6.30. The van der Waals surface area contributed by atoms with E-state index in [0.29, 0.717) is 37.1 Å². The topological polar surface area (TPSA) is 106 Å². The number of benzene rings is 3. The second-order valence-electron chi connectivity index (χ2n) is 13.2. The number of nitrogens with two attached hydrogens (primary N) is 1. The van der Waals surface area contributed by atoms with Crippen molar-refractivity contribution in [1.82, 2.24) is 10.2 Å². The van der Waals surface area contributed by atoms with Crippen LogP contribution in [0.3, 0.4) is 0 Å². The fourth-order valence-electron chi connectivity index (χ4n) is 6.33. The van der Waals surface area contributed by atoms with Crippen LogP contribution in [0.4, 0.5) is 0 Å².